The normalized spacial score (nSPS) is 15.1. The number of urea groups is 1. The van der Waals surface area contributed by atoms with Gasteiger partial charge in [0.1, 0.15) is 5.76 Å². The number of hydrogen-bond donors (Lipinski definition) is 1. The first kappa shape index (κ1) is 21.9. The third kappa shape index (κ3) is 4.85. The van der Waals surface area contributed by atoms with Crippen LogP contribution in [0.2, 0.25) is 0 Å². The molecule has 0 bridgehead atoms. The standard InChI is InChI=1S/C19H26N4O6S/c1-4-27-16-7-6-15(13-17(16)28-5-2)30(25,26)23-10-8-22(9-11-23)19(24)20-18-12-14(3)29-21-18/h6-7,12-13H,4-5,8-11H2,1-3H3,(H,20,21,24). The average molecular weight is 439 g/mol. The first-order valence-corrected chi connectivity index (χ1v) is 11.2. The molecule has 0 unspecified atom stereocenters. The SMILES string of the molecule is CCOc1ccc(S(=O)(=O)N2CCN(C(=O)Nc3cc(C)on3)CC2)cc1OCC. The van der Waals surface area contributed by atoms with Gasteiger partial charge in [-0.3, -0.25) is 5.32 Å². The monoisotopic (exact) mass is 438 g/mol. The minimum Gasteiger partial charge on any atom is -0.490 e. The molecule has 0 atom stereocenters. The number of rotatable bonds is 7. The zero-order valence-corrected chi connectivity index (χ0v) is 18.1. The third-order valence-electron chi connectivity index (χ3n) is 4.54. The summed E-state index contributed by atoms with van der Waals surface area (Å²) in [5.74, 6) is 1.80. The van der Waals surface area contributed by atoms with Gasteiger partial charge in [0.15, 0.2) is 17.3 Å². The van der Waals surface area contributed by atoms with E-state index in [-0.39, 0.29) is 37.1 Å². The Morgan fingerprint density at radius 1 is 1.10 bits per heavy atom. The number of carbonyl (C=O) groups is 1. The molecule has 2 heterocycles. The zero-order chi connectivity index (χ0) is 21.7. The van der Waals surface area contributed by atoms with Gasteiger partial charge < -0.3 is 18.9 Å². The van der Waals surface area contributed by atoms with Crippen LogP contribution in [0.15, 0.2) is 33.7 Å². The van der Waals surface area contributed by atoms with E-state index in [1.165, 1.54) is 16.4 Å². The van der Waals surface area contributed by atoms with Crippen molar-refractivity contribution in [1.82, 2.24) is 14.4 Å². The maximum atomic E-state index is 13.1. The minimum absolute atomic E-state index is 0.130. The predicted octanol–water partition coefficient (Wildman–Crippen LogP) is 2.32. The molecule has 2 amide bonds. The van der Waals surface area contributed by atoms with E-state index in [9.17, 15) is 13.2 Å². The molecule has 1 aromatic carbocycles. The van der Waals surface area contributed by atoms with Gasteiger partial charge in [0, 0.05) is 38.3 Å². The summed E-state index contributed by atoms with van der Waals surface area (Å²) in [4.78, 5) is 14.0. The van der Waals surface area contributed by atoms with E-state index in [1.807, 2.05) is 13.8 Å². The quantitative estimate of drug-likeness (QED) is 0.705. The number of nitrogens with zero attached hydrogens (tertiary/aromatic N) is 3. The van der Waals surface area contributed by atoms with Crippen molar-refractivity contribution < 1.29 is 27.2 Å². The molecule has 1 saturated heterocycles. The van der Waals surface area contributed by atoms with Crippen LogP contribution in [0.3, 0.4) is 0 Å². The van der Waals surface area contributed by atoms with Gasteiger partial charge in [-0.25, -0.2) is 13.2 Å². The molecule has 3 rings (SSSR count). The van der Waals surface area contributed by atoms with Crippen LogP contribution in [0.4, 0.5) is 10.6 Å². The molecule has 10 nitrogen and oxygen atoms in total. The molecule has 30 heavy (non-hydrogen) atoms. The number of nitrogens with one attached hydrogen (secondary N) is 1. The van der Waals surface area contributed by atoms with E-state index in [0.29, 0.717) is 36.3 Å². The van der Waals surface area contributed by atoms with Crippen LogP contribution in [-0.4, -0.2) is 68.2 Å². The van der Waals surface area contributed by atoms with Gasteiger partial charge in [0.05, 0.1) is 18.1 Å². The Kier molecular flexibility index (Phi) is 6.83. The fraction of sp³-hybridized carbons (Fsp3) is 0.474. The number of aromatic nitrogens is 1. The van der Waals surface area contributed by atoms with Gasteiger partial charge in [-0.1, -0.05) is 5.16 Å². The Balaban J connectivity index is 1.66. The number of carbonyl (C=O) groups excluding carboxylic acids is 1. The van der Waals surface area contributed by atoms with Crippen molar-refractivity contribution in [1.29, 1.82) is 0 Å². The number of benzene rings is 1. The highest BCUT2D eigenvalue weighted by molar-refractivity contribution is 7.89. The van der Waals surface area contributed by atoms with Crippen molar-refractivity contribution in [2.24, 2.45) is 0 Å². The van der Waals surface area contributed by atoms with Crippen molar-refractivity contribution in [3.05, 3.63) is 30.0 Å². The van der Waals surface area contributed by atoms with Crippen LogP contribution >= 0.6 is 0 Å². The summed E-state index contributed by atoms with van der Waals surface area (Å²) >= 11 is 0. The van der Waals surface area contributed by atoms with Crippen molar-refractivity contribution in [3.8, 4) is 11.5 Å². The second kappa shape index (κ2) is 9.35. The number of amides is 2. The molecular weight excluding hydrogens is 412 g/mol. The largest absolute Gasteiger partial charge is 0.490 e. The molecule has 1 aromatic heterocycles. The molecule has 1 aliphatic rings. The molecule has 0 spiro atoms. The molecule has 1 fully saturated rings. The second-order valence-electron chi connectivity index (χ2n) is 6.62. The third-order valence-corrected chi connectivity index (χ3v) is 6.44. The van der Waals surface area contributed by atoms with Gasteiger partial charge in [0.2, 0.25) is 10.0 Å². The highest BCUT2D eigenvalue weighted by atomic mass is 32.2. The Bertz CT molecular complexity index is 983. The molecule has 0 radical (unpaired) electrons. The molecular formula is C19H26N4O6S. The first-order valence-electron chi connectivity index (χ1n) is 9.74. The Hall–Kier alpha value is -2.79. The van der Waals surface area contributed by atoms with Crippen LogP contribution < -0.4 is 14.8 Å². The summed E-state index contributed by atoms with van der Waals surface area (Å²) in [6, 6.07) is 5.86. The van der Waals surface area contributed by atoms with Crippen LogP contribution in [-0.2, 0) is 10.0 Å². The van der Waals surface area contributed by atoms with E-state index in [0.717, 1.165) is 0 Å². The van der Waals surface area contributed by atoms with Crippen molar-refractivity contribution in [2.75, 3.05) is 44.7 Å². The topological polar surface area (TPSA) is 114 Å². The second-order valence-corrected chi connectivity index (χ2v) is 8.56. The number of aryl methyl sites for hydroxylation is 1. The Labute approximate surface area is 175 Å². The number of anilines is 1. The fourth-order valence-electron chi connectivity index (χ4n) is 3.09. The summed E-state index contributed by atoms with van der Waals surface area (Å²) in [7, 11) is -3.73. The molecule has 1 aliphatic heterocycles. The highest BCUT2D eigenvalue weighted by Gasteiger charge is 2.31. The van der Waals surface area contributed by atoms with Gasteiger partial charge in [-0.2, -0.15) is 4.31 Å². The smallest absolute Gasteiger partial charge is 0.323 e. The van der Waals surface area contributed by atoms with Crippen molar-refractivity contribution >= 4 is 21.9 Å². The lowest BCUT2D eigenvalue weighted by molar-refractivity contribution is 0.184. The lowest BCUT2D eigenvalue weighted by atomic mass is 10.3. The summed E-state index contributed by atoms with van der Waals surface area (Å²) < 4.78 is 43.5. The highest BCUT2D eigenvalue weighted by Crippen LogP contribution is 2.31. The van der Waals surface area contributed by atoms with Crippen LogP contribution in [0, 0.1) is 6.92 Å². The predicted molar refractivity (Wildman–Crippen MR) is 109 cm³/mol. The first-order chi connectivity index (χ1) is 14.3. The number of hydrogen-bond acceptors (Lipinski definition) is 7. The zero-order valence-electron chi connectivity index (χ0n) is 17.3. The van der Waals surface area contributed by atoms with Gasteiger partial charge in [-0.05, 0) is 32.9 Å². The lowest BCUT2D eigenvalue weighted by Gasteiger charge is -2.33. The van der Waals surface area contributed by atoms with E-state index in [1.54, 1.807) is 24.0 Å². The minimum atomic E-state index is -3.73. The van der Waals surface area contributed by atoms with E-state index >= 15 is 0 Å². The summed E-state index contributed by atoms with van der Waals surface area (Å²) in [5.41, 5.74) is 0. The number of piperazine rings is 1. The van der Waals surface area contributed by atoms with E-state index in [2.05, 4.69) is 10.5 Å². The van der Waals surface area contributed by atoms with Crippen molar-refractivity contribution in [2.45, 2.75) is 25.7 Å². The Morgan fingerprint density at radius 3 is 2.37 bits per heavy atom. The maximum Gasteiger partial charge on any atom is 0.323 e. The molecule has 2 aromatic rings. The van der Waals surface area contributed by atoms with E-state index in [4.69, 9.17) is 14.0 Å². The molecule has 0 aliphatic carbocycles. The van der Waals surface area contributed by atoms with E-state index < -0.39 is 10.0 Å². The van der Waals surface area contributed by atoms with Crippen molar-refractivity contribution in [3.63, 3.8) is 0 Å². The Morgan fingerprint density at radius 2 is 1.77 bits per heavy atom. The molecule has 0 saturated carbocycles. The average Bonchev–Trinajstić information content (AvgIpc) is 3.14. The fourth-order valence-corrected chi connectivity index (χ4v) is 4.52. The molecule has 11 heteroatoms. The summed E-state index contributed by atoms with van der Waals surface area (Å²) in [5, 5.41) is 6.37. The van der Waals surface area contributed by atoms with Crippen LogP contribution in [0.5, 0.6) is 11.5 Å². The number of sulfonamides is 1. The summed E-state index contributed by atoms with van der Waals surface area (Å²) in [6.07, 6.45) is 0. The number of ether oxygens (including phenoxy) is 2. The van der Waals surface area contributed by atoms with Gasteiger partial charge in [-0.15, -0.1) is 0 Å². The molecule has 1 N–H and O–H groups in total. The lowest BCUT2D eigenvalue weighted by Crippen LogP contribution is -2.51. The summed E-state index contributed by atoms with van der Waals surface area (Å²) in [6.45, 7) is 7.13. The van der Waals surface area contributed by atoms with Gasteiger partial charge in [0.25, 0.3) is 0 Å². The molecule has 164 valence electrons. The maximum absolute atomic E-state index is 13.1. The van der Waals surface area contributed by atoms with Gasteiger partial charge >= 0.3 is 6.03 Å². The van der Waals surface area contributed by atoms with Crippen LogP contribution in [0.1, 0.15) is 19.6 Å². The van der Waals surface area contributed by atoms with Crippen LogP contribution in [0.25, 0.3) is 0 Å².